The molecule has 1 saturated heterocycles. The molecule has 0 aliphatic carbocycles. The van der Waals surface area contributed by atoms with Crippen LogP contribution in [0, 0.1) is 11.6 Å². The van der Waals surface area contributed by atoms with Crippen LogP contribution in [0.25, 0.3) is 0 Å². The standard InChI is InChI=1S/C22H29F2N5O2.HI/c1-3-25-22(27-16-17-4-7-21(26-15-17)31-13-12-30-2)29-10-8-28(9-11-29)20-14-18(23)5-6-19(20)24;/h4-7,14-15H,3,8-13,16H2,1-2H3,(H,25,27);1H. The van der Waals surface area contributed by atoms with E-state index in [4.69, 9.17) is 14.5 Å². The summed E-state index contributed by atoms with van der Waals surface area (Å²) in [5.41, 5.74) is 1.27. The maximum atomic E-state index is 14.1. The number of ether oxygens (including phenoxy) is 2. The lowest BCUT2D eigenvalue weighted by molar-refractivity contribution is 0.143. The molecule has 176 valence electrons. The Labute approximate surface area is 204 Å². The second-order valence-electron chi connectivity index (χ2n) is 7.09. The predicted octanol–water partition coefficient (Wildman–Crippen LogP) is 3.29. The summed E-state index contributed by atoms with van der Waals surface area (Å²) in [5.74, 6) is 0.509. The van der Waals surface area contributed by atoms with E-state index in [1.54, 1.807) is 13.3 Å². The summed E-state index contributed by atoms with van der Waals surface area (Å²) in [6.07, 6.45) is 1.75. The number of methoxy groups -OCH3 is 1. The van der Waals surface area contributed by atoms with E-state index in [0.717, 1.165) is 24.1 Å². The maximum absolute atomic E-state index is 14.1. The molecule has 2 heterocycles. The molecule has 0 spiro atoms. The Morgan fingerprint density at radius 2 is 1.91 bits per heavy atom. The number of aromatic nitrogens is 1. The van der Waals surface area contributed by atoms with E-state index >= 15 is 0 Å². The molecule has 1 N–H and O–H groups in total. The van der Waals surface area contributed by atoms with Gasteiger partial charge in [-0.3, -0.25) is 0 Å². The van der Waals surface area contributed by atoms with Crippen molar-refractivity contribution in [2.24, 2.45) is 4.99 Å². The molecule has 0 bridgehead atoms. The fraction of sp³-hybridized carbons (Fsp3) is 0.455. The lowest BCUT2D eigenvalue weighted by atomic mass is 10.2. The van der Waals surface area contributed by atoms with Crippen LogP contribution < -0.4 is 15.0 Å². The van der Waals surface area contributed by atoms with Gasteiger partial charge in [0, 0.05) is 58.2 Å². The Bertz CT molecular complexity index is 862. The third-order valence-corrected chi connectivity index (χ3v) is 4.91. The number of benzene rings is 1. The van der Waals surface area contributed by atoms with E-state index in [9.17, 15) is 8.78 Å². The monoisotopic (exact) mass is 561 g/mol. The first kappa shape index (κ1) is 26.0. The van der Waals surface area contributed by atoms with Gasteiger partial charge in [0.05, 0.1) is 18.8 Å². The van der Waals surface area contributed by atoms with Crippen molar-refractivity contribution in [3.63, 3.8) is 0 Å². The summed E-state index contributed by atoms with van der Waals surface area (Å²) in [6, 6.07) is 7.31. The number of rotatable bonds is 8. The van der Waals surface area contributed by atoms with Crippen molar-refractivity contribution in [3.05, 3.63) is 53.7 Å². The number of halogens is 3. The van der Waals surface area contributed by atoms with Gasteiger partial charge in [-0.1, -0.05) is 6.07 Å². The van der Waals surface area contributed by atoms with Crippen LogP contribution >= 0.6 is 24.0 Å². The third-order valence-electron chi connectivity index (χ3n) is 4.91. The summed E-state index contributed by atoms with van der Waals surface area (Å²) in [7, 11) is 1.62. The molecule has 0 saturated carbocycles. The Kier molecular flexibility index (Phi) is 10.9. The van der Waals surface area contributed by atoms with Gasteiger partial charge >= 0.3 is 0 Å². The van der Waals surface area contributed by atoms with E-state index in [-0.39, 0.29) is 24.0 Å². The number of hydrogen-bond donors (Lipinski definition) is 1. The van der Waals surface area contributed by atoms with E-state index in [2.05, 4.69) is 15.2 Å². The van der Waals surface area contributed by atoms with E-state index in [0.29, 0.717) is 57.5 Å². The molecule has 10 heteroatoms. The minimum atomic E-state index is -0.433. The minimum absolute atomic E-state index is 0. The zero-order valence-corrected chi connectivity index (χ0v) is 20.7. The SMILES string of the molecule is CCNC(=NCc1ccc(OCCOC)nc1)N1CCN(c2cc(F)ccc2F)CC1.I. The highest BCUT2D eigenvalue weighted by molar-refractivity contribution is 14.0. The Morgan fingerprint density at radius 1 is 1.12 bits per heavy atom. The molecule has 1 aliphatic rings. The summed E-state index contributed by atoms with van der Waals surface area (Å²) in [6.45, 7) is 6.68. The maximum Gasteiger partial charge on any atom is 0.213 e. The Balaban J connectivity index is 0.00000363. The molecule has 1 fully saturated rings. The predicted molar refractivity (Wildman–Crippen MR) is 132 cm³/mol. The lowest BCUT2D eigenvalue weighted by Crippen LogP contribution is -2.52. The second kappa shape index (κ2) is 13.4. The van der Waals surface area contributed by atoms with Gasteiger partial charge in [0.25, 0.3) is 0 Å². The van der Waals surface area contributed by atoms with Crippen LogP contribution in [-0.2, 0) is 11.3 Å². The number of nitrogens with zero attached hydrogens (tertiary/aromatic N) is 4. The molecule has 0 atom stereocenters. The van der Waals surface area contributed by atoms with Gasteiger partial charge in [-0.25, -0.2) is 18.8 Å². The summed E-state index contributed by atoms with van der Waals surface area (Å²) < 4.78 is 38.0. The Hall–Kier alpha value is -2.21. The normalized spacial score (nSPS) is 14.2. The number of guanidine groups is 1. The first-order valence-corrected chi connectivity index (χ1v) is 10.4. The van der Waals surface area contributed by atoms with Crippen molar-refractivity contribution in [3.8, 4) is 5.88 Å². The molecule has 0 radical (unpaired) electrons. The van der Waals surface area contributed by atoms with Gasteiger partial charge < -0.3 is 24.6 Å². The van der Waals surface area contributed by atoms with Crippen molar-refractivity contribution < 1.29 is 18.3 Å². The van der Waals surface area contributed by atoms with Gasteiger partial charge in [0.15, 0.2) is 5.96 Å². The molecule has 1 aliphatic heterocycles. The van der Waals surface area contributed by atoms with Crippen LogP contribution in [0.1, 0.15) is 12.5 Å². The first-order chi connectivity index (χ1) is 15.1. The average Bonchev–Trinajstić information content (AvgIpc) is 2.79. The Morgan fingerprint density at radius 3 is 2.56 bits per heavy atom. The number of pyridine rings is 1. The van der Waals surface area contributed by atoms with E-state index < -0.39 is 11.6 Å². The molecular weight excluding hydrogens is 531 g/mol. The summed E-state index contributed by atoms with van der Waals surface area (Å²) in [4.78, 5) is 13.0. The summed E-state index contributed by atoms with van der Waals surface area (Å²) in [5, 5.41) is 3.31. The molecule has 1 aromatic carbocycles. The van der Waals surface area contributed by atoms with Crippen LogP contribution in [0.15, 0.2) is 41.5 Å². The molecule has 7 nitrogen and oxygen atoms in total. The quantitative estimate of drug-likeness (QED) is 0.231. The average molecular weight is 561 g/mol. The van der Waals surface area contributed by atoms with Crippen molar-refractivity contribution in [2.45, 2.75) is 13.5 Å². The number of piperazine rings is 1. The van der Waals surface area contributed by atoms with Crippen LogP contribution in [0.2, 0.25) is 0 Å². The van der Waals surface area contributed by atoms with Crippen LogP contribution in [0.4, 0.5) is 14.5 Å². The fourth-order valence-corrected chi connectivity index (χ4v) is 3.30. The highest BCUT2D eigenvalue weighted by Gasteiger charge is 2.22. The van der Waals surface area contributed by atoms with Crippen LogP contribution in [0.5, 0.6) is 5.88 Å². The van der Waals surface area contributed by atoms with Crippen molar-refractivity contribution in [1.82, 2.24) is 15.2 Å². The minimum Gasteiger partial charge on any atom is -0.475 e. The number of aliphatic imine (C=N–C) groups is 1. The number of anilines is 1. The fourth-order valence-electron chi connectivity index (χ4n) is 3.30. The van der Waals surface area contributed by atoms with E-state index in [1.165, 1.54) is 12.1 Å². The molecule has 2 aromatic rings. The lowest BCUT2D eigenvalue weighted by Gasteiger charge is -2.37. The largest absolute Gasteiger partial charge is 0.475 e. The second-order valence-corrected chi connectivity index (χ2v) is 7.09. The van der Waals surface area contributed by atoms with Gasteiger partial charge in [0.1, 0.15) is 18.2 Å². The van der Waals surface area contributed by atoms with Crippen molar-refractivity contribution in [2.75, 3.05) is 57.9 Å². The molecule has 0 unspecified atom stereocenters. The van der Waals surface area contributed by atoms with Crippen LogP contribution in [0.3, 0.4) is 0 Å². The molecular formula is C22H30F2IN5O2. The number of nitrogens with one attached hydrogen (secondary N) is 1. The highest BCUT2D eigenvalue weighted by atomic mass is 127. The van der Waals surface area contributed by atoms with Gasteiger partial charge in [0.2, 0.25) is 5.88 Å². The highest BCUT2D eigenvalue weighted by Crippen LogP contribution is 2.22. The first-order valence-electron chi connectivity index (χ1n) is 10.4. The van der Waals surface area contributed by atoms with Gasteiger partial charge in [-0.05, 0) is 24.6 Å². The molecule has 0 amide bonds. The zero-order chi connectivity index (χ0) is 22.1. The summed E-state index contributed by atoms with van der Waals surface area (Å²) >= 11 is 0. The van der Waals surface area contributed by atoms with Crippen molar-refractivity contribution in [1.29, 1.82) is 0 Å². The van der Waals surface area contributed by atoms with Gasteiger partial charge in [-0.2, -0.15) is 0 Å². The third kappa shape index (κ3) is 7.44. The van der Waals surface area contributed by atoms with Crippen LogP contribution in [-0.4, -0.2) is 68.9 Å². The smallest absolute Gasteiger partial charge is 0.213 e. The van der Waals surface area contributed by atoms with E-state index in [1.807, 2.05) is 24.0 Å². The molecule has 32 heavy (non-hydrogen) atoms. The number of hydrogen-bond acceptors (Lipinski definition) is 5. The zero-order valence-electron chi connectivity index (χ0n) is 18.4. The topological polar surface area (TPSA) is 62.2 Å². The molecule has 3 rings (SSSR count). The van der Waals surface area contributed by atoms with Crippen molar-refractivity contribution >= 4 is 35.6 Å². The van der Waals surface area contributed by atoms with Gasteiger partial charge in [-0.15, -0.1) is 24.0 Å². The molecule has 1 aromatic heterocycles.